The summed E-state index contributed by atoms with van der Waals surface area (Å²) in [4.78, 5) is 12.2. The number of non-ortho nitro benzene ring substituents is 1. The van der Waals surface area contributed by atoms with Crippen molar-refractivity contribution >= 4 is 33.4 Å². The van der Waals surface area contributed by atoms with E-state index in [4.69, 9.17) is 0 Å². The quantitative estimate of drug-likeness (QED) is 0.619. The summed E-state index contributed by atoms with van der Waals surface area (Å²) in [6.07, 6.45) is 0. The fourth-order valence-electron chi connectivity index (χ4n) is 1.27. The highest BCUT2D eigenvalue weighted by Gasteiger charge is 2.04. The van der Waals surface area contributed by atoms with E-state index in [1.54, 1.807) is 23.9 Å². The van der Waals surface area contributed by atoms with Crippen LogP contribution in [0.15, 0.2) is 62.8 Å². The second kappa shape index (κ2) is 5.33. The third-order valence-corrected chi connectivity index (χ3v) is 3.64. The number of benzene rings is 2. The lowest BCUT2D eigenvalue weighted by molar-refractivity contribution is -0.384. The molecular formula is C12H8BrNO2S. The Balaban J connectivity index is 2.13. The molecule has 0 atom stereocenters. The molecule has 0 bridgehead atoms. The summed E-state index contributed by atoms with van der Waals surface area (Å²) >= 11 is 4.95. The van der Waals surface area contributed by atoms with Crippen molar-refractivity contribution in [3.63, 3.8) is 0 Å². The number of nitro benzene ring substituents is 1. The summed E-state index contributed by atoms with van der Waals surface area (Å²) in [5.74, 6) is 0. The number of halogens is 1. The molecule has 0 aliphatic carbocycles. The van der Waals surface area contributed by atoms with E-state index in [0.717, 1.165) is 14.3 Å². The summed E-state index contributed by atoms with van der Waals surface area (Å²) in [6, 6.07) is 14.5. The van der Waals surface area contributed by atoms with Crippen LogP contribution in [0.1, 0.15) is 0 Å². The molecule has 3 nitrogen and oxygen atoms in total. The van der Waals surface area contributed by atoms with Gasteiger partial charge in [0.2, 0.25) is 0 Å². The smallest absolute Gasteiger partial charge is 0.258 e. The molecule has 0 saturated heterocycles. The molecule has 0 saturated carbocycles. The first-order chi connectivity index (χ1) is 8.15. The van der Waals surface area contributed by atoms with Gasteiger partial charge in [-0.05, 0) is 36.4 Å². The summed E-state index contributed by atoms with van der Waals surface area (Å²) in [7, 11) is 0. The van der Waals surface area contributed by atoms with Gasteiger partial charge in [0.15, 0.2) is 0 Å². The van der Waals surface area contributed by atoms with Gasteiger partial charge in [-0.25, -0.2) is 0 Å². The normalized spacial score (nSPS) is 10.2. The average Bonchev–Trinajstić information content (AvgIpc) is 2.33. The first-order valence-corrected chi connectivity index (χ1v) is 6.44. The fourth-order valence-corrected chi connectivity index (χ4v) is 2.36. The van der Waals surface area contributed by atoms with E-state index >= 15 is 0 Å². The number of hydrogen-bond donors (Lipinski definition) is 0. The molecule has 0 aliphatic heterocycles. The van der Waals surface area contributed by atoms with Gasteiger partial charge in [0.25, 0.3) is 5.69 Å². The van der Waals surface area contributed by atoms with Crippen LogP contribution in [-0.2, 0) is 0 Å². The van der Waals surface area contributed by atoms with E-state index in [2.05, 4.69) is 15.9 Å². The minimum absolute atomic E-state index is 0.116. The molecule has 0 radical (unpaired) electrons. The van der Waals surface area contributed by atoms with E-state index < -0.39 is 4.92 Å². The van der Waals surface area contributed by atoms with Gasteiger partial charge in [-0.2, -0.15) is 0 Å². The first kappa shape index (κ1) is 12.1. The Kier molecular flexibility index (Phi) is 3.81. The van der Waals surface area contributed by atoms with Crippen LogP contribution in [0.5, 0.6) is 0 Å². The zero-order valence-corrected chi connectivity index (χ0v) is 11.1. The van der Waals surface area contributed by atoms with Gasteiger partial charge >= 0.3 is 0 Å². The molecule has 0 aromatic heterocycles. The van der Waals surface area contributed by atoms with E-state index in [9.17, 15) is 10.1 Å². The molecule has 86 valence electrons. The van der Waals surface area contributed by atoms with Gasteiger partial charge in [-0.3, -0.25) is 10.1 Å². The Morgan fingerprint density at radius 2 is 1.41 bits per heavy atom. The van der Waals surface area contributed by atoms with Gasteiger partial charge in [-0.15, -0.1) is 0 Å². The molecule has 2 rings (SSSR count). The predicted molar refractivity (Wildman–Crippen MR) is 71.4 cm³/mol. The standard InChI is InChI=1S/C12H8BrNO2S/c13-9-1-5-11(6-2-9)17-12-7-3-10(4-8-12)14(15)16/h1-8H. The van der Waals surface area contributed by atoms with Gasteiger partial charge < -0.3 is 0 Å². The molecule has 0 spiro atoms. The molecule has 0 heterocycles. The van der Waals surface area contributed by atoms with Crippen molar-refractivity contribution in [3.05, 3.63) is 63.1 Å². The van der Waals surface area contributed by atoms with Crippen LogP contribution in [0.3, 0.4) is 0 Å². The van der Waals surface area contributed by atoms with Crippen LogP contribution in [0, 0.1) is 10.1 Å². The SMILES string of the molecule is O=[N+]([O-])c1ccc(Sc2ccc(Br)cc2)cc1. The first-order valence-electron chi connectivity index (χ1n) is 4.83. The lowest BCUT2D eigenvalue weighted by Gasteiger charge is -2.01. The number of nitrogens with zero attached hydrogens (tertiary/aromatic N) is 1. The topological polar surface area (TPSA) is 43.1 Å². The van der Waals surface area contributed by atoms with Crippen molar-refractivity contribution in [2.45, 2.75) is 9.79 Å². The predicted octanol–water partition coefficient (Wildman–Crippen LogP) is 4.51. The zero-order chi connectivity index (χ0) is 12.3. The van der Waals surface area contributed by atoms with Crippen molar-refractivity contribution in [3.8, 4) is 0 Å². The minimum atomic E-state index is -0.395. The molecule has 2 aromatic rings. The Labute approximate surface area is 111 Å². The molecule has 0 N–H and O–H groups in total. The molecular weight excluding hydrogens is 302 g/mol. The van der Waals surface area contributed by atoms with E-state index in [0.29, 0.717) is 0 Å². The zero-order valence-electron chi connectivity index (χ0n) is 8.67. The van der Waals surface area contributed by atoms with Crippen LogP contribution in [0.4, 0.5) is 5.69 Å². The van der Waals surface area contributed by atoms with Crippen LogP contribution >= 0.6 is 27.7 Å². The average molecular weight is 310 g/mol. The van der Waals surface area contributed by atoms with Crippen molar-refractivity contribution in [2.75, 3.05) is 0 Å². The van der Waals surface area contributed by atoms with Gasteiger partial charge in [0, 0.05) is 26.4 Å². The van der Waals surface area contributed by atoms with Crippen molar-refractivity contribution in [1.29, 1.82) is 0 Å². The molecule has 5 heteroatoms. The third kappa shape index (κ3) is 3.31. The molecule has 17 heavy (non-hydrogen) atoms. The van der Waals surface area contributed by atoms with Crippen LogP contribution in [0.2, 0.25) is 0 Å². The maximum atomic E-state index is 10.5. The third-order valence-electron chi connectivity index (χ3n) is 2.10. The van der Waals surface area contributed by atoms with Gasteiger partial charge in [-0.1, -0.05) is 27.7 Å². The van der Waals surface area contributed by atoms with Crippen molar-refractivity contribution in [1.82, 2.24) is 0 Å². The number of rotatable bonds is 3. The van der Waals surface area contributed by atoms with E-state index in [1.807, 2.05) is 24.3 Å². The van der Waals surface area contributed by atoms with E-state index in [1.165, 1.54) is 12.1 Å². The summed E-state index contributed by atoms with van der Waals surface area (Å²) < 4.78 is 1.03. The van der Waals surface area contributed by atoms with Gasteiger partial charge in [0.1, 0.15) is 0 Å². The number of nitro groups is 1. The fraction of sp³-hybridized carbons (Fsp3) is 0. The van der Waals surface area contributed by atoms with Gasteiger partial charge in [0.05, 0.1) is 4.92 Å². The maximum absolute atomic E-state index is 10.5. The molecule has 0 fully saturated rings. The molecule has 0 unspecified atom stereocenters. The highest BCUT2D eigenvalue weighted by Crippen LogP contribution is 2.29. The molecule has 2 aromatic carbocycles. The maximum Gasteiger partial charge on any atom is 0.269 e. The second-order valence-corrected chi connectivity index (χ2v) is 5.37. The Morgan fingerprint density at radius 1 is 0.941 bits per heavy atom. The monoisotopic (exact) mass is 309 g/mol. The van der Waals surface area contributed by atoms with E-state index in [-0.39, 0.29) is 5.69 Å². The van der Waals surface area contributed by atoms with Crippen LogP contribution in [-0.4, -0.2) is 4.92 Å². The lowest BCUT2D eigenvalue weighted by Crippen LogP contribution is -1.86. The lowest BCUT2D eigenvalue weighted by atomic mass is 10.3. The Bertz CT molecular complexity index is 525. The highest BCUT2D eigenvalue weighted by molar-refractivity contribution is 9.10. The Morgan fingerprint density at radius 3 is 1.88 bits per heavy atom. The molecule has 0 aliphatic rings. The summed E-state index contributed by atoms with van der Waals surface area (Å²) in [5.41, 5.74) is 0.116. The van der Waals surface area contributed by atoms with Crippen molar-refractivity contribution in [2.24, 2.45) is 0 Å². The molecule has 0 amide bonds. The van der Waals surface area contributed by atoms with Crippen LogP contribution < -0.4 is 0 Å². The second-order valence-electron chi connectivity index (χ2n) is 3.31. The number of hydrogen-bond acceptors (Lipinski definition) is 3. The summed E-state index contributed by atoms with van der Waals surface area (Å²) in [6.45, 7) is 0. The minimum Gasteiger partial charge on any atom is -0.258 e. The Hall–Kier alpha value is -1.33. The van der Waals surface area contributed by atoms with Crippen molar-refractivity contribution < 1.29 is 4.92 Å². The van der Waals surface area contributed by atoms with Crippen LogP contribution in [0.25, 0.3) is 0 Å². The highest BCUT2D eigenvalue weighted by atomic mass is 79.9. The summed E-state index contributed by atoms with van der Waals surface area (Å²) in [5, 5.41) is 10.5. The largest absolute Gasteiger partial charge is 0.269 e.